The highest BCUT2D eigenvalue weighted by molar-refractivity contribution is 7.21. The van der Waals surface area contributed by atoms with Gasteiger partial charge in [-0.3, -0.25) is 0 Å². The number of nitrogens with zero attached hydrogens (tertiary/aromatic N) is 3. The maximum atomic E-state index is 6.16. The summed E-state index contributed by atoms with van der Waals surface area (Å²) in [6.07, 6.45) is 9.60. The molecule has 0 spiro atoms. The number of allylic oxidation sites excluding steroid dienone is 2. The van der Waals surface area contributed by atoms with E-state index in [9.17, 15) is 0 Å². The Balaban J connectivity index is 1.14. The quantitative estimate of drug-likeness (QED) is 0.193. The standard InChI is InChI=1S/C39H25N3OS2/c1-2-9-32-36(12-3-1)44-38(40-32)25-14-18-27(19-15-25)42(29-22-23-35-31(24-29)30-8-4-6-11-34(30)43-35)28-20-16-26(17-21-28)39-41-33-10-5-7-13-37(33)45-39/h2-24H,1H2. The largest absolute Gasteiger partial charge is 0.456 e. The summed E-state index contributed by atoms with van der Waals surface area (Å²) in [5.74, 6) is 0. The molecule has 1 aliphatic carbocycles. The van der Waals surface area contributed by atoms with E-state index in [2.05, 4.69) is 126 Å². The van der Waals surface area contributed by atoms with Gasteiger partial charge in [0.1, 0.15) is 21.2 Å². The Morgan fingerprint density at radius 2 is 1.24 bits per heavy atom. The third-order valence-corrected chi connectivity index (χ3v) is 10.3. The van der Waals surface area contributed by atoms with Crippen LogP contribution in [0.2, 0.25) is 0 Å². The van der Waals surface area contributed by atoms with Crippen LogP contribution in [0, 0.1) is 0 Å². The van der Waals surface area contributed by atoms with Gasteiger partial charge in [0.05, 0.1) is 20.8 Å². The summed E-state index contributed by atoms with van der Waals surface area (Å²) in [6.45, 7) is 0. The van der Waals surface area contributed by atoms with Crippen molar-refractivity contribution in [3.8, 4) is 21.1 Å². The summed E-state index contributed by atoms with van der Waals surface area (Å²) < 4.78 is 7.35. The van der Waals surface area contributed by atoms with E-state index in [1.165, 1.54) is 9.58 Å². The molecule has 3 heterocycles. The van der Waals surface area contributed by atoms with Crippen LogP contribution in [0.5, 0.6) is 0 Å². The van der Waals surface area contributed by atoms with E-state index >= 15 is 0 Å². The van der Waals surface area contributed by atoms with Crippen molar-refractivity contribution in [3.05, 3.63) is 138 Å². The monoisotopic (exact) mass is 615 g/mol. The number of rotatable bonds is 5. The molecule has 6 heteroatoms. The van der Waals surface area contributed by atoms with Crippen LogP contribution >= 0.6 is 22.7 Å². The number of fused-ring (bicyclic) bond motifs is 5. The maximum Gasteiger partial charge on any atom is 0.135 e. The van der Waals surface area contributed by atoms with Gasteiger partial charge in [0.15, 0.2) is 0 Å². The SMILES string of the molecule is C1=Cc2nc(-c3ccc(N(c4ccc(-c5nc6ccccc6s5)cc4)c4ccc5oc6ccccc6c5c4)cc3)sc2C=CC1. The minimum atomic E-state index is 0.882. The van der Waals surface area contributed by atoms with E-state index in [1.807, 2.05) is 18.2 Å². The van der Waals surface area contributed by atoms with Gasteiger partial charge in [-0.25, -0.2) is 9.97 Å². The van der Waals surface area contributed by atoms with Gasteiger partial charge in [-0.15, -0.1) is 22.7 Å². The molecule has 0 fully saturated rings. The van der Waals surface area contributed by atoms with Gasteiger partial charge in [0.2, 0.25) is 0 Å². The Morgan fingerprint density at radius 3 is 2.04 bits per heavy atom. The molecule has 4 nitrogen and oxygen atoms in total. The van der Waals surface area contributed by atoms with Crippen molar-refractivity contribution in [1.82, 2.24) is 9.97 Å². The third-order valence-electron chi connectivity index (χ3n) is 8.16. The van der Waals surface area contributed by atoms with Crippen LogP contribution < -0.4 is 4.90 Å². The lowest BCUT2D eigenvalue weighted by Gasteiger charge is -2.26. The van der Waals surface area contributed by atoms with Crippen LogP contribution in [0.25, 0.3) is 65.4 Å². The fraction of sp³-hybridized carbons (Fsp3) is 0.0256. The fourth-order valence-corrected chi connectivity index (χ4v) is 7.90. The van der Waals surface area contributed by atoms with E-state index in [4.69, 9.17) is 14.4 Å². The lowest BCUT2D eigenvalue weighted by atomic mass is 10.1. The summed E-state index contributed by atoms with van der Waals surface area (Å²) in [6, 6.07) is 40.4. The lowest BCUT2D eigenvalue weighted by Crippen LogP contribution is -2.09. The summed E-state index contributed by atoms with van der Waals surface area (Å²) in [5, 5.41) is 4.26. The highest BCUT2D eigenvalue weighted by Crippen LogP contribution is 2.41. The first kappa shape index (κ1) is 26.1. The molecule has 0 saturated heterocycles. The van der Waals surface area contributed by atoms with Gasteiger partial charge >= 0.3 is 0 Å². The molecule has 214 valence electrons. The molecule has 45 heavy (non-hydrogen) atoms. The number of para-hydroxylation sites is 2. The fourth-order valence-electron chi connectivity index (χ4n) is 5.94. The topological polar surface area (TPSA) is 42.2 Å². The number of thiazole rings is 2. The van der Waals surface area contributed by atoms with Gasteiger partial charge in [0.25, 0.3) is 0 Å². The van der Waals surface area contributed by atoms with Crippen molar-refractivity contribution in [3.63, 3.8) is 0 Å². The van der Waals surface area contributed by atoms with Crippen molar-refractivity contribution in [2.45, 2.75) is 6.42 Å². The highest BCUT2D eigenvalue weighted by atomic mass is 32.1. The molecule has 0 atom stereocenters. The second-order valence-electron chi connectivity index (χ2n) is 11.0. The summed E-state index contributed by atoms with van der Waals surface area (Å²) in [7, 11) is 0. The van der Waals surface area contributed by atoms with Crippen molar-refractivity contribution >= 4 is 84.0 Å². The lowest BCUT2D eigenvalue weighted by molar-refractivity contribution is 0.669. The third kappa shape index (κ3) is 4.67. The Kier molecular flexibility index (Phi) is 6.21. The van der Waals surface area contributed by atoms with Gasteiger partial charge in [-0.2, -0.15) is 0 Å². The second-order valence-corrected chi connectivity index (χ2v) is 13.1. The van der Waals surface area contributed by atoms with Crippen LogP contribution in [0.3, 0.4) is 0 Å². The van der Waals surface area contributed by atoms with E-state index in [0.717, 1.165) is 77.8 Å². The van der Waals surface area contributed by atoms with Crippen molar-refractivity contribution < 1.29 is 4.42 Å². The molecular weight excluding hydrogens is 591 g/mol. The molecule has 0 unspecified atom stereocenters. The zero-order chi connectivity index (χ0) is 29.7. The predicted octanol–water partition coefficient (Wildman–Crippen LogP) is 11.9. The molecule has 0 saturated carbocycles. The van der Waals surface area contributed by atoms with Gasteiger partial charge in [-0.05, 0) is 104 Å². The number of hydrogen-bond donors (Lipinski definition) is 0. The van der Waals surface area contributed by atoms with Crippen LogP contribution in [-0.4, -0.2) is 9.97 Å². The Labute approximate surface area is 267 Å². The minimum Gasteiger partial charge on any atom is -0.456 e. The van der Waals surface area contributed by atoms with Gasteiger partial charge in [0, 0.05) is 39.0 Å². The Bertz CT molecular complexity index is 2350. The first-order chi connectivity index (χ1) is 22.3. The van der Waals surface area contributed by atoms with E-state index in [0.29, 0.717) is 0 Å². The van der Waals surface area contributed by atoms with E-state index < -0.39 is 0 Å². The zero-order valence-corrected chi connectivity index (χ0v) is 25.7. The zero-order valence-electron chi connectivity index (χ0n) is 24.1. The van der Waals surface area contributed by atoms with Crippen LogP contribution in [0.4, 0.5) is 17.1 Å². The summed E-state index contributed by atoms with van der Waals surface area (Å²) >= 11 is 3.46. The number of aromatic nitrogens is 2. The summed E-state index contributed by atoms with van der Waals surface area (Å²) in [5.41, 5.74) is 9.27. The van der Waals surface area contributed by atoms with Crippen molar-refractivity contribution in [2.24, 2.45) is 0 Å². The van der Waals surface area contributed by atoms with E-state index in [-0.39, 0.29) is 0 Å². The molecule has 0 N–H and O–H groups in total. The average molecular weight is 616 g/mol. The maximum absolute atomic E-state index is 6.16. The Hall–Kier alpha value is -5.30. The minimum absolute atomic E-state index is 0.882. The molecule has 0 amide bonds. The molecule has 3 aromatic heterocycles. The van der Waals surface area contributed by atoms with Crippen LogP contribution in [-0.2, 0) is 0 Å². The molecule has 0 bridgehead atoms. The number of benzene rings is 5. The predicted molar refractivity (Wildman–Crippen MR) is 191 cm³/mol. The molecule has 5 aromatic carbocycles. The molecule has 0 radical (unpaired) electrons. The highest BCUT2D eigenvalue weighted by Gasteiger charge is 2.17. The molecule has 8 aromatic rings. The van der Waals surface area contributed by atoms with Crippen molar-refractivity contribution in [1.29, 1.82) is 0 Å². The Morgan fingerprint density at radius 1 is 0.578 bits per heavy atom. The molecule has 0 aliphatic heterocycles. The first-order valence-corrected chi connectivity index (χ1v) is 16.5. The second kappa shape index (κ2) is 10.7. The number of furan rings is 1. The average Bonchev–Trinajstić information content (AvgIpc) is 3.77. The smallest absolute Gasteiger partial charge is 0.135 e. The van der Waals surface area contributed by atoms with Gasteiger partial charge < -0.3 is 9.32 Å². The van der Waals surface area contributed by atoms with Crippen molar-refractivity contribution in [2.75, 3.05) is 4.90 Å². The first-order valence-electron chi connectivity index (χ1n) is 14.9. The molecule has 9 rings (SSSR count). The van der Waals surface area contributed by atoms with Crippen LogP contribution in [0.1, 0.15) is 17.0 Å². The normalized spacial score (nSPS) is 12.6. The van der Waals surface area contributed by atoms with Gasteiger partial charge in [-0.1, -0.05) is 42.5 Å². The summed E-state index contributed by atoms with van der Waals surface area (Å²) in [4.78, 5) is 13.3. The van der Waals surface area contributed by atoms with Crippen LogP contribution in [0.15, 0.2) is 132 Å². The van der Waals surface area contributed by atoms with E-state index in [1.54, 1.807) is 22.7 Å². The number of hydrogen-bond acceptors (Lipinski definition) is 6. The molecule has 1 aliphatic rings. The molecular formula is C39H25N3OS2. The number of anilines is 3.